The van der Waals surface area contributed by atoms with Gasteiger partial charge in [-0.3, -0.25) is 0 Å². The highest BCUT2D eigenvalue weighted by Crippen LogP contribution is 2.31. The van der Waals surface area contributed by atoms with Gasteiger partial charge in [0.25, 0.3) is 0 Å². The van der Waals surface area contributed by atoms with Gasteiger partial charge in [-0.25, -0.2) is 0 Å². The van der Waals surface area contributed by atoms with Gasteiger partial charge < -0.3 is 4.74 Å². The van der Waals surface area contributed by atoms with Crippen molar-refractivity contribution in [2.45, 2.75) is 12.8 Å². The first-order valence-corrected chi connectivity index (χ1v) is 5.54. The highest BCUT2D eigenvalue weighted by molar-refractivity contribution is 5.88. The van der Waals surface area contributed by atoms with Gasteiger partial charge in [-0.2, -0.15) is 0 Å². The average molecular weight is 198 g/mol. The molecule has 0 unspecified atom stereocenters. The van der Waals surface area contributed by atoms with E-state index in [1.165, 1.54) is 23.6 Å². The monoisotopic (exact) mass is 198 g/mol. The number of fused-ring (bicyclic) bond motifs is 1. The van der Waals surface area contributed by atoms with Crippen molar-refractivity contribution in [3.05, 3.63) is 42.5 Å². The van der Waals surface area contributed by atoms with Crippen LogP contribution in [-0.2, 0) is 0 Å². The molecule has 1 aliphatic rings. The zero-order chi connectivity index (χ0) is 10.1. The summed E-state index contributed by atoms with van der Waals surface area (Å²) in [7, 11) is 0. The fourth-order valence-electron chi connectivity index (χ4n) is 1.81. The first-order valence-electron chi connectivity index (χ1n) is 5.54. The fraction of sp³-hybridized carbons (Fsp3) is 0.286. The third-order valence-electron chi connectivity index (χ3n) is 2.92. The van der Waals surface area contributed by atoms with E-state index in [4.69, 9.17) is 4.74 Å². The van der Waals surface area contributed by atoms with E-state index < -0.39 is 0 Å². The first-order chi connectivity index (χ1) is 7.43. The van der Waals surface area contributed by atoms with Crippen LogP contribution in [0.4, 0.5) is 0 Å². The van der Waals surface area contributed by atoms with Crippen LogP contribution in [0.5, 0.6) is 5.75 Å². The Morgan fingerprint density at radius 2 is 1.80 bits per heavy atom. The first kappa shape index (κ1) is 8.78. The lowest BCUT2D eigenvalue weighted by atomic mass is 10.1. The van der Waals surface area contributed by atoms with E-state index >= 15 is 0 Å². The number of rotatable bonds is 3. The third-order valence-corrected chi connectivity index (χ3v) is 2.92. The van der Waals surface area contributed by atoms with E-state index in [2.05, 4.69) is 42.5 Å². The summed E-state index contributed by atoms with van der Waals surface area (Å²) in [6, 6.07) is 14.6. The molecule has 0 atom stereocenters. The molecule has 76 valence electrons. The summed E-state index contributed by atoms with van der Waals surface area (Å²) in [5.41, 5.74) is 0. The molecule has 0 spiro atoms. The molecule has 1 fully saturated rings. The molecule has 2 aromatic rings. The van der Waals surface area contributed by atoms with Gasteiger partial charge in [0.05, 0.1) is 6.61 Å². The molecule has 3 rings (SSSR count). The summed E-state index contributed by atoms with van der Waals surface area (Å²) >= 11 is 0. The van der Waals surface area contributed by atoms with E-state index in [1.54, 1.807) is 0 Å². The van der Waals surface area contributed by atoms with Gasteiger partial charge in [0.1, 0.15) is 5.75 Å². The summed E-state index contributed by atoms with van der Waals surface area (Å²) in [4.78, 5) is 0. The SMILES string of the molecule is c1ccc2c(OCC3CC3)cccc2c1. The Hall–Kier alpha value is -1.50. The van der Waals surface area contributed by atoms with E-state index in [1.807, 2.05) is 0 Å². The van der Waals surface area contributed by atoms with Crippen molar-refractivity contribution in [1.29, 1.82) is 0 Å². The average Bonchev–Trinajstić information content (AvgIpc) is 3.10. The normalized spacial score (nSPS) is 15.5. The summed E-state index contributed by atoms with van der Waals surface area (Å²) in [5, 5.41) is 2.48. The van der Waals surface area contributed by atoms with Crippen molar-refractivity contribution in [3.63, 3.8) is 0 Å². The molecule has 0 amide bonds. The molecule has 0 aromatic heterocycles. The maximum absolute atomic E-state index is 5.84. The number of hydrogen-bond donors (Lipinski definition) is 0. The number of ether oxygens (including phenoxy) is 1. The topological polar surface area (TPSA) is 9.23 Å². The minimum absolute atomic E-state index is 0.809. The summed E-state index contributed by atoms with van der Waals surface area (Å²) in [6.45, 7) is 0.883. The molecule has 0 aliphatic heterocycles. The van der Waals surface area contributed by atoms with Gasteiger partial charge >= 0.3 is 0 Å². The second kappa shape index (κ2) is 3.58. The lowest BCUT2D eigenvalue weighted by Crippen LogP contribution is -1.99. The smallest absolute Gasteiger partial charge is 0.127 e. The largest absolute Gasteiger partial charge is 0.493 e. The predicted octanol–water partition coefficient (Wildman–Crippen LogP) is 3.63. The van der Waals surface area contributed by atoms with Crippen LogP contribution in [0.25, 0.3) is 10.8 Å². The van der Waals surface area contributed by atoms with Crippen molar-refractivity contribution in [3.8, 4) is 5.75 Å². The van der Waals surface area contributed by atoms with E-state index in [0.717, 1.165) is 18.3 Å². The summed E-state index contributed by atoms with van der Waals surface area (Å²) in [5.74, 6) is 1.84. The van der Waals surface area contributed by atoms with Crippen LogP contribution in [0.3, 0.4) is 0 Å². The second-order valence-corrected chi connectivity index (χ2v) is 4.23. The molecular weight excluding hydrogens is 184 g/mol. The van der Waals surface area contributed by atoms with Crippen LogP contribution in [0, 0.1) is 5.92 Å². The molecule has 0 N–H and O–H groups in total. The fourth-order valence-corrected chi connectivity index (χ4v) is 1.81. The van der Waals surface area contributed by atoms with Gasteiger partial charge in [0.15, 0.2) is 0 Å². The molecule has 1 aliphatic carbocycles. The second-order valence-electron chi connectivity index (χ2n) is 4.23. The van der Waals surface area contributed by atoms with Crippen molar-refractivity contribution in [2.24, 2.45) is 5.92 Å². The van der Waals surface area contributed by atoms with Crippen molar-refractivity contribution >= 4 is 10.8 Å². The zero-order valence-electron chi connectivity index (χ0n) is 8.65. The lowest BCUT2D eigenvalue weighted by molar-refractivity contribution is 0.303. The van der Waals surface area contributed by atoms with Crippen LogP contribution < -0.4 is 4.74 Å². The highest BCUT2D eigenvalue weighted by Gasteiger charge is 2.22. The van der Waals surface area contributed by atoms with Crippen LogP contribution in [0.15, 0.2) is 42.5 Å². The molecule has 0 heterocycles. The minimum atomic E-state index is 0.809. The highest BCUT2D eigenvalue weighted by atomic mass is 16.5. The number of benzene rings is 2. The van der Waals surface area contributed by atoms with E-state index in [9.17, 15) is 0 Å². The van der Waals surface area contributed by atoms with E-state index in [0.29, 0.717) is 0 Å². The Morgan fingerprint density at radius 3 is 2.67 bits per heavy atom. The Morgan fingerprint density at radius 1 is 1.00 bits per heavy atom. The van der Waals surface area contributed by atoms with Crippen LogP contribution in [0.2, 0.25) is 0 Å². The van der Waals surface area contributed by atoms with Gasteiger partial charge in [0, 0.05) is 5.39 Å². The predicted molar refractivity (Wildman–Crippen MR) is 62.2 cm³/mol. The molecule has 0 saturated heterocycles. The Labute approximate surface area is 89.7 Å². The quantitative estimate of drug-likeness (QED) is 0.731. The van der Waals surface area contributed by atoms with E-state index in [-0.39, 0.29) is 0 Å². The maximum atomic E-state index is 5.84. The molecule has 15 heavy (non-hydrogen) atoms. The summed E-state index contributed by atoms with van der Waals surface area (Å²) < 4.78 is 5.84. The Balaban J connectivity index is 1.93. The zero-order valence-corrected chi connectivity index (χ0v) is 8.65. The van der Waals surface area contributed by atoms with Crippen LogP contribution >= 0.6 is 0 Å². The standard InChI is InChI=1S/C14H14O/c1-2-6-13-12(4-1)5-3-7-14(13)15-10-11-8-9-11/h1-7,11H,8-10H2. The van der Waals surface area contributed by atoms with Gasteiger partial charge in [-0.05, 0) is 30.2 Å². The summed E-state index contributed by atoms with van der Waals surface area (Å²) in [6.07, 6.45) is 2.68. The molecule has 2 aromatic carbocycles. The maximum Gasteiger partial charge on any atom is 0.127 e. The molecule has 1 heteroatoms. The van der Waals surface area contributed by atoms with Gasteiger partial charge in [0.2, 0.25) is 0 Å². The lowest BCUT2D eigenvalue weighted by Gasteiger charge is -2.08. The molecule has 1 nitrogen and oxygen atoms in total. The molecule has 0 bridgehead atoms. The van der Waals surface area contributed by atoms with Crippen molar-refractivity contribution in [1.82, 2.24) is 0 Å². The molecule has 0 radical (unpaired) electrons. The molecular formula is C14H14O. The number of hydrogen-bond acceptors (Lipinski definition) is 1. The van der Waals surface area contributed by atoms with Gasteiger partial charge in [-0.15, -0.1) is 0 Å². The Kier molecular flexibility index (Phi) is 2.09. The molecule has 1 saturated carbocycles. The Bertz CT molecular complexity index is 466. The van der Waals surface area contributed by atoms with Gasteiger partial charge in [-0.1, -0.05) is 36.4 Å². The minimum Gasteiger partial charge on any atom is -0.493 e. The third kappa shape index (κ3) is 1.82. The van der Waals surface area contributed by atoms with Crippen LogP contribution in [-0.4, -0.2) is 6.61 Å². The van der Waals surface area contributed by atoms with Crippen molar-refractivity contribution in [2.75, 3.05) is 6.61 Å². The van der Waals surface area contributed by atoms with Crippen molar-refractivity contribution < 1.29 is 4.74 Å². The van der Waals surface area contributed by atoms with Crippen LogP contribution in [0.1, 0.15) is 12.8 Å².